The summed E-state index contributed by atoms with van der Waals surface area (Å²) in [5.41, 5.74) is 1.26. The van der Waals surface area contributed by atoms with Crippen LogP contribution in [0.3, 0.4) is 0 Å². The fraction of sp³-hybridized carbons (Fsp3) is 0.462. The summed E-state index contributed by atoms with van der Waals surface area (Å²) in [5.74, 6) is 0.275. The first-order valence-corrected chi connectivity index (χ1v) is 6.53. The highest BCUT2D eigenvalue weighted by molar-refractivity contribution is 8.00. The van der Waals surface area contributed by atoms with Gasteiger partial charge in [-0.2, -0.15) is 0 Å². The van der Waals surface area contributed by atoms with Crippen LogP contribution < -0.4 is 0 Å². The van der Waals surface area contributed by atoms with Gasteiger partial charge in [-0.25, -0.2) is 0 Å². The number of thioether (sulfide) groups is 1. The summed E-state index contributed by atoms with van der Waals surface area (Å²) in [6.45, 7) is 2.98. The van der Waals surface area contributed by atoms with Crippen LogP contribution in [0.2, 0.25) is 0 Å². The van der Waals surface area contributed by atoms with Crippen molar-refractivity contribution in [1.82, 2.24) is 4.90 Å². The Labute approximate surface area is 101 Å². The monoisotopic (exact) mass is 235 g/mol. The molecule has 3 heteroatoms. The van der Waals surface area contributed by atoms with Gasteiger partial charge in [-0.15, -0.1) is 11.8 Å². The summed E-state index contributed by atoms with van der Waals surface area (Å²) >= 11 is 1.69. The molecule has 1 saturated heterocycles. The van der Waals surface area contributed by atoms with Crippen LogP contribution in [0.5, 0.6) is 0 Å². The number of benzene rings is 1. The van der Waals surface area contributed by atoms with Gasteiger partial charge in [-0.1, -0.05) is 17.7 Å². The number of carbonyl (C=O) groups is 1. The highest BCUT2D eigenvalue weighted by atomic mass is 32.2. The van der Waals surface area contributed by atoms with E-state index in [0.717, 1.165) is 19.4 Å². The lowest BCUT2D eigenvalue weighted by Crippen LogP contribution is -2.39. The van der Waals surface area contributed by atoms with Crippen molar-refractivity contribution in [2.24, 2.45) is 0 Å². The molecular formula is C13H17NOS. The second-order valence-corrected chi connectivity index (χ2v) is 5.60. The second-order valence-electron chi connectivity index (χ2n) is 4.32. The van der Waals surface area contributed by atoms with E-state index < -0.39 is 0 Å². The highest BCUT2D eigenvalue weighted by Gasteiger charge is 2.26. The molecule has 1 atom stereocenters. The molecule has 2 nitrogen and oxygen atoms in total. The van der Waals surface area contributed by atoms with Crippen LogP contribution in [0, 0.1) is 6.92 Å². The van der Waals surface area contributed by atoms with Crippen LogP contribution in [0.1, 0.15) is 18.4 Å². The average molecular weight is 235 g/mol. The molecule has 0 aliphatic carbocycles. The van der Waals surface area contributed by atoms with Gasteiger partial charge in [0, 0.05) is 18.5 Å². The minimum Gasteiger partial charge on any atom is -0.345 e. The van der Waals surface area contributed by atoms with Crippen molar-refractivity contribution >= 4 is 17.7 Å². The molecule has 1 unspecified atom stereocenters. The zero-order chi connectivity index (χ0) is 11.5. The van der Waals surface area contributed by atoms with Crippen molar-refractivity contribution < 1.29 is 4.79 Å². The first kappa shape index (κ1) is 11.5. The normalized spacial score (nSPS) is 21.2. The van der Waals surface area contributed by atoms with E-state index in [0.29, 0.717) is 0 Å². The third-order valence-corrected chi connectivity index (χ3v) is 4.18. The quantitative estimate of drug-likeness (QED) is 0.785. The molecule has 1 aromatic rings. The molecule has 2 rings (SSSR count). The van der Waals surface area contributed by atoms with Crippen LogP contribution in [-0.4, -0.2) is 29.6 Å². The Hall–Kier alpha value is -0.960. The smallest absolute Gasteiger partial charge is 0.235 e. The van der Waals surface area contributed by atoms with Crippen LogP contribution in [0.15, 0.2) is 29.2 Å². The molecule has 86 valence electrons. The van der Waals surface area contributed by atoms with Crippen LogP contribution in [-0.2, 0) is 4.79 Å². The average Bonchev–Trinajstić information content (AvgIpc) is 2.28. The van der Waals surface area contributed by atoms with E-state index in [4.69, 9.17) is 0 Å². The number of piperidine rings is 1. The molecule has 0 saturated carbocycles. The fourth-order valence-electron chi connectivity index (χ4n) is 1.88. The zero-order valence-corrected chi connectivity index (χ0v) is 10.6. The number of hydrogen-bond acceptors (Lipinski definition) is 2. The molecule has 1 aliphatic heterocycles. The largest absolute Gasteiger partial charge is 0.345 e. The SMILES string of the molecule is Cc1ccc(SC2CCCN(C)C2=O)cc1. The van der Waals surface area contributed by atoms with Gasteiger partial charge >= 0.3 is 0 Å². The summed E-state index contributed by atoms with van der Waals surface area (Å²) in [6, 6.07) is 8.39. The third kappa shape index (κ3) is 2.59. The minimum absolute atomic E-state index is 0.112. The molecule has 16 heavy (non-hydrogen) atoms. The van der Waals surface area contributed by atoms with Crippen molar-refractivity contribution in [1.29, 1.82) is 0 Å². The first-order valence-electron chi connectivity index (χ1n) is 5.65. The van der Waals surface area contributed by atoms with E-state index in [1.807, 2.05) is 11.9 Å². The van der Waals surface area contributed by atoms with Crippen molar-refractivity contribution in [3.8, 4) is 0 Å². The van der Waals surface area contributed by atoms with E-state index in [-0.39, 0.29) is 11.2 Å². The van der Waals surface area contributed by atoms with E-state index >= 15 is 0 Å². The molecule has 0 radical (unpaired) electrons. The van der Waals surface area contributed by atoms with Gasteiger partial charge in [-0.3, -0.25) is 4.79 Å². The van der Waals surface area contributed by atoms with E-state index in [2.05, 4.69) is 31.2 Å². The van der Waals surface area contributed by atoms with E-state index in [9.17, 15) is 4.79 Å². The fourth-order valence-corrected chi connectivity index (χ4v) is 3.07. The Morgan fingerprint density at radius 1 is 1.31 bits per heavy atom. The minimum atomic E-state index is 0.112. The van der Waals surface area contributed by atoms with Crippen LogP contribution in [0.25, 0.3) is 0 Å². The predicted octanol–water partition coefficient (Wildman–Crippen LogP) is 2.71. The number of amides is 1. The number of aryl methyl sites for hydroxylation is 1. The van der Waals surface area contributed by atoms with Gasteiger partial charge in [0.25, 0.3) is 0 Å². The summed E-state index contributed by atoms with van der Waals surface area (Å²) < 4.78 is 0. The van der Waals surface area contributed by atoms with Gasteiger partial charge < -0.3 is 4.90 Å². The lowest BCUT2D eigenvalue weighted by atomic mass is 10.1. The molecule has 1 aliphatic rings. The Morgan fingerprint density at radius 3 is 2.69 bits per heavy atom. The zero-order valence-electron chi connectivity index (χ0n) is 9.77. The van der Waals surface area contributed by atoms with Crippen molar-refractivity contribution in [3.05, 3.63) is 29.8 Å². The molecule has 0 aromatic heterocycles. The predicted molar refractivity (Wildman–Crippen MR) is 67.7 cm³/mol. The van der Waals surface area contributed by atoms with Crippen molar-refractivity contribution in [2.45, 2.75) is 29.9 Å². The van der Waals surface area contributed by atoms with Crippen molar-refractivity contribution in [2.75, 3.05) is 13.6 Å². The first-order chi connectivity index (χ1) is 7.66. The van der Waals surface area contributed by atoms with E-state index in [1.165, 1.54) is 10.5 Å². The maximum atomic E-state index is 11.9. The summed E-state index contributed by atoms with van der Waals surface area (Å²) in [7, 11) is 1.89. The molecule has 1 amide bonds. The Kier molecular flexibility index (Phi) is 3.54. The standard InChI is InChI=1S/C13H17NOS/c1-10-5-7-11(8-6-10)16-12-4-3-9-14(2)13(12)15/h5-8,12H,3-4,9H2,1-2H3. The number of nitrogens with zero attached hydrogens (tertiary/aromatic N) is 1. The van der Waals surface area contributed by atoms with Gasteiger partial charge in [0.1, 0.15) is 0 Å². The summed E-state index contributed by atoms with van der Waals surface area (Å²) in [6.07, 6.45) is 2.12. The number of carbonyl (C=O) groups excluding carboxylic acids is 1. The maximum Gasteiger partial charge on any atom is 0.235 e. The van der Waals surface area contributed by atoms with Gasteiger partial charge in [0.15, 0.2) is 0 Å². The van der Waals surface area contributed by atoms with Crippen molar-refractivity contribution in [3.63, 3.8) is 0 Å². The van der Waals surface area contributed by atoms with Crippen LogP contribution >= 0.6 is 11.8 Å². The van der Waals surface area contributed by atoms with Crippen LogP contribution in [0.4, 0.5) is 0 Å². The molecular weight excluding hydrogens is 218 g/mol. The molecule has 1 heterocycles. The Bertz CT molecular complexity index is 374. The maximum absolute atomic E-state index is 11.9. The highest BCUT2D eigenvalue weighted by Crippen LogP contribution is 2.29. The molecule has 0 N–H and O–H groups in total. The Morgan fingerprint density at radius 2 is 2.00 bits per heavy atom. The summed E-state index contributed by atoms with van der Waals surface area (Å²) in [4.78, 5) is 14.9. The van der Waals surface area contributed by atoms with Gasteiger partial charge in [-0.05, 0) is 31.9 Å². The molecule has 0 spiro atoms. The lowest BCUT2D eigenvalue weighted by Gasteiger charge is -2.28. The second kappa shape index (κ2) is 4.91. The molecule has 1 fully saturated rings. The van der Waals surface area contributed by atoms with E-state index in [1.54, 1.807) is 11.8 Å². The number of likely N-dealkylation sites (tertiary alicyclic amines) is 1. The summed E-state index contributed by atoms with van der Waals surface area (Å²) in [5, 5.41) is 0.112. The molecule has 1 aromatic carbocycles. The number of hydrogen-bond donors (Lipinski definition) is 0. The topological polar surface area (TPSA) is 20.3 Å². The van der Waals surface area contributed by atoms with Gasteiger partial charge in [0.05, 0.1) is 5.25 Å². The third-order valence-electron chi connectivity index (χ3n) is 2.91. The Balaban J connectivity index is 2.03. The lowest BCUT2D eigenvalue weighted by molar-refractivity contribution is -0.131. The van der Waals surface area contributed by atoms with Gasteiger partial charge in [0.2, 0.25) is 5.91 Å². The number of rotatable bonds is 2. The molecule has 0 bridgehead atoms.